The maximum Gasteiger partial charge on any atom is 0.271 e. The molecule has 0 bridgehead atoms. The summed E-state index contributed by atoms with van der Waals surface area (Å²) in [6.45, 7) is 2.62. The lowest BCUT2D eigenvalue weighted by Gasteiger charge is -2.06. The summed E-state index contributed by atoms with van der Waals surface area (Å²) in [5.74, 6) is 2.58. The molecule has 0 amide bonds. The van der Waals surface area contributed by atoms with Crippen LogP contribution in [0.3, 0.4) is 0 Å². The highest BCUT2D eigenvalue weighted by Crippen LogP contribution is 2.20. The summed E-state index contributed by atoms with van der Waals surface area (Å²) < 4.78 is 0. The number of benzene rings is 1. The molecule has 1 aromatic carbocycles. The molecule has 0 unspecified atom stereocenters. The van der Waals surface area contributed by atoms with E-state index in [9.17, 15) is 10.1 Å². The highest BCUT2D eigenvalue weighted by atomic mass is 16.6. The summed E-state index contributed by atoms with van der Waals surface area (Å²) in [6, 6.07) is 5.01. The number of nitrogens with zero attached hydrogens (tertiary/aromatic N) is 1. The second-order valence-corrected chi connectivity index (χ2v) is 3.90. The van der Waals surface area contributed by atoms with E-state index in [-0.39, 0.29) is 10.6 Å². The average Bonchev–Trinajstić information content (AvgIpc) is 2.28. The Kier molecular flexibility index (Phi) is 5.02. The molecule has 17 heavy (non-hydrogen) atoms. The number of rotatable bonds is 6. The molecule has 0 atom stereocenters. The Bertz CT molecular complexity index is 436. The Morgan fingerprint density at radius 3 is 2.82 bits per heavy atom. The van der Waals surface area contributed by atoms with Crippen molar-refractivity contribution in [2.24, 2.45) is 0 Å². The SMILES string of the molecule is C#CCCCCNc1cc(C)cc([N+](=O)[O-])c1. The minimum Gasteiger partial charge on any atom is -0.385 e. The molecule has 0 aliphatic rings. The van der Waals surface area contributed by atoms with E-state index in [2.05, 4.69) is 11.2 Å². The van der Waals surface area contributed by atoms with Gasteiger partial charge in [0.05, 0.1) is 4.92 Å². The fourth-order valence-corrected chi connectivity index (χ4v) is 1.56. The molecule has 0 saturated carbocycles. The van der Waals surface area contributed by atoms with Gasteiger partial charge in [-0.25, -0.2) is 0 Å². The largest absolute Gasteiger partial charge is 0.385 e. The van der Waals surface area contributed by atoms with E-state index in [0.29, 0.717) is 0 Å². The molecular formula is C13H16N2O2. The predicted octanol–water partition coefficient (Wildman–Crippen LogP) is 3.12. The van der Waals surface area contributed by atoms with Crippen LogP contribution in [-0.4, -0.2) is 11.5 Å². The molecule has 90 valence electrons. The van der Waals surface area contributed by atoms with Gasteiger partial charge in [0, 0.05) is 30.8 Å². The topological polar surface area (TPSA) is 55.2 Å². The predicted molar refractivity (Wildman–Crippen MR) is 69.0 cm³/mol. The molecule has 0 saturated heterocycles. The van der Waals surface area contributed by atoms with Crippen molar-refractivity contribution in [3.63, 3.8) is 0 Å². The van der Waals surface area contributed by atoms with Crippen LogP contribution in [0.4, 0.5) is 11.4 Å². The van der Waals surface area contributed by atoms with Gasteiger partial charge in [0.1, 0.15) is 0 Å². The highest BCUT2D eigenvalue weighted by molar-refractivity contribution is 5.53. The third kappa shape index (κ3) is 4.56. The molecular weight excluding hydrogens is 216 g/mol. The molecule has 0 aliphatic carbocycles. The van der Waals surface area contributed by atoms with Crippen molar-refractivity contribution >= 4 is 11.4 Å². The zero-order valence-corrected chi connectivity index (χ0v) is 9.90. The maximum absolute atomic E-state index is 10.7. The lowest BCUT2D eigenvalue weighted by molar-refractivity contribution is -0.384. The van der Waals surface area contributed by atoms with Crippen LogP contribution in [0, 0.1) is 29.4 Å². The van der Waals surface area contributed by atoms with Crippen LogP contribution in [0.15, 0.2) is 18.2 Å². The van der Waals surface area contributed by atoms with Gasteiger partial charge in [-0.1, -0.05) is 0 Å². The fourth-order valence-electron chi connectivity index (χ4n) is 1.56. The third-order valence-corrected chi connectivity index (χ3v) is 2.35. The summed E-state index contributed by atoms with van der Waals surface area (Å²) in [4.78, 5) is 10.3. The molecule has 0 spiro atoms. The van der Waals surface area contributed by atoms with Crippen LogP contribution in [0.2, 0.25) is 0 Å². The number of aryl methyl sites for hydroxylation is 1. The lowest BCUT2D eigenvalue weighted by atomic mass is 10.2. The second kappa shape index (κ2) is 6.54. The van der Waals surface area contributed by atoms with E-state index in [4.69, 9.17) is 6.42 Å². The number of hydrogen-bond acceptors (Lipinski definition) is 3. The summed E-state index contributed by atoms with van der Waals surface area (Å²) in [5, 5.41) is 13.8. The fraction of sp³-hybridized carbons (Fsp3) is 0.385. The first-order chi connectivity index (χ1) is 8.13. The van der Waals surface area contributed by atoms with E-state index in [1.165, 1.54) is 0 Å². The van der Waals surface area contributed by atoms with Crippen molar-refractivity contribution in [3.05, 3.63) is 33.9 Å². The van der Waals surface area contributed by atoms with Crippen LogP contribution in [0.25, 0.3) is 0 Å². The number of anilines is 1. The summed E-state index contributed by atoms with van der Waals surface area (Å²) in [5.41, 5.74) is 1.79. The van der Waals surface area contributed by atoms with E-state index < -0.39 is 0 Å². The smallest absolute Gasteiger partial charge is 0.271 e. The molecule has 0 heterocycles. The minimum absolute atomic E-state index is 0.121. The second-order valence-electron chi connectivity index (χ2n) is 3.90. The number of nitro groups is 1. The van der Waals surface area contributed by atoms with Gasteiger partial charge in [-0.3, -0.25) is 10.1 Å². The normalized spacial score (nSPS) is 9.65. The van der Waals surface area contributed by atoms with Crippen molar-refractivity contribution in [2.45, 2.75) is 26.2 Å². The zero-order chi connectivity index (χ0) is 12.7. The first-order valence-corrected chi connectivity index (χ1v) is 5.57. The Hall–Kier alpha value is -2.02. The average molecular weight is 232 g/mol. The van der Waals surface area contributed by atoms with Gasteiger partial charge in [0.15, 0.2) is 0 Å². The van der Waals surface area contributed by atoms with Crippen molar-refractivity contribution in [1.29, 1.82) is 0 Å². The molecule has 1 rings (SSSR count). The zero-order valence-electron chi connectivity index (χ0n) is 9.90. The lowest BCUT2D eigenvalue weighted by Crippen LogP contribution is -2.02. The van der Waals surface area contributed by atoms with E-state index >= 15 is 0 Å². The number of terminal acetylenes is 1. The molecule has 1 aromatic rings. The third-order valence-electron chi connectivity index (χ3n) is 2.35. The number of nitro benzene ring substituents is 1. The summed E-state index contributed by atoms with van der Waals surface area (Å²) in [6.07, 6.45) is 7.86. The standard InChI is InChI=1S/C13H16N2O2/c1-3-4-5-6-7-14-12-8-11(2)9-13(10-12)15(16)17/h1,8-10,14H,4-7H2,2H3. The number of nitrogens with one attached hydrogen (secondary N) is 1. The minimum atomic E-state index is -0.378. The van der Waals surface area contributed by atoms with Crippen molar-refractivity contribution in [3.8, 4) is 12.3 Å². The van der Waals surface area contributed by atoms with Gasteiger partial charge < -0.3 is 5.32 Å². The van der Waals surface area contributed by atoms with Gasteiger partial charge in [-0.2, -0.15) is 0 Å². The first kappa shape index (κ1) is 13.0. The van der Waals surface area contributed by atoms with Gasteiger partial charge in [0.2, 0.25) is 0 Å². The molecule has 0 radical (unpaired) electrons. The Labute approximate surface area is 101 Å². The van der Waals surface area contributed by atoms with Crippen molar-refractivity contribution in [2.75, 3.05) is 11.9 Å². The monoisotopic (exact) mass is 232 g/mol. The number of hydrogen-bond donors (Lipinski definition) is 1. The van der Waals surface area contributed by atoms with Gasteiger partial charge in [0.25, 0.3) is 5.69 Å². The van der Waals surface area contributed by atoms with E-state index in [1.807, 2.05) is 13.0 Å². The Morgan fingerprint density at radius 2 is 2.18 bits per heavy atom. The van der Waals surface area contributed by atoms with E-state index in [1.54, 1.807) is 12.1 Å². The molecule has 0 aliphatic heterocycles. The first-order valence-electron chi connectivity index (χ1n) is 5.57. The molecule has 1 N–H and O–H groups in total. The van der Waals surface area contributed by atoms with E-state index in [0.717, 1.165) is 37.1 Å². The maximum atomic E-state index is 10.7. The van der Waals surface area contributed by atoms with Gasteiger partial charge in [-0.15, -0.1) is 12.3 Å². The Balaban J connectivity index is 2.53. The van der Waals surface area contributed by atoms with Crippen LogP contribution in [0.1, 0.15) is 24.8 Å². The molecule has 0 aromatic heterocycles. The molecule has 0 fully saturated rings. The van der Waals surface area contributed by atoms with Crippen molar-refractivity contribution < 1.29 is 4.92 Å². The van der Waals surface area contributed by atoms with Crippen molar-refractivity contribution in [1.82, 2.24) is 0 Å². The van der Waals surface area contributed by atoms with Gasteiger partial charge in [-0.05, 0) is 31.4 Å². The van der Waals surface area contributed by atoms with Crippen LogP contribution < -0.4 is 5.32 Å². The quantitative estimate of drug-likeness (QED) is 0.355. The van der Waals surface area contributed by atoms with Crippen LogP contribution in [-0.2, 0) is 0 Å². The number of non-ortho nitro benzene ring substituents is 1. The summed E-state index contributed by atoms with van der Waals surface area (Å²) >= 11 is 0. The van der Waals surface area contributed by atoms with Gasteiger partial charge >= 0.3 is 0 Å². The molecule has 4 nitrogen and oxygen atoms in total. The van der Waals surface area contributed by atoms with Crippen LogP contribution >= 0.6 is 0 Å². The Morgan fingerprint density at radius 1 is 1.41 bits per heavy atom. The number of unbranched alkanes of at least 4 members (excludes halogenated alkanes) is 2. The summed E-state index contributed by atoms with van der Waals surface area (Å²) in [7, 11) is 0. The highest BCUT2D eigenvalue weighted by Gasteiger charge is 2.07. The van der Waals surface area contributed by atoms with Crippen LogP contribution in [0.5, 0.6) is 0 Å². The molecule has 4 heteroatoms.